The van der Waals surface area contributed by atoms with Crippen molar-refractivity contribution in [2.45, 2.75) is 24.4 Å². The number of amides is 1. The Hall–Kier alpha value is -1.86. The molecule has 7 heteroatoms. The highest BCUT2D eigenvalue weighted by atomic mass is 32.2. The van der Waals surface area contributed by atoms with Crippen LogP contribution in [-0.4, -0.2) is 40.6 Å². The van der Waals surface area contributed by atoms with Gasteiger partial charge in [0.2, 0.25) is 0 Å². The van der Waals surface area contributed by atoms with Crippen LogP contribution in [0.1, 0.15) is 29.1 Å². The van der Waals surface area contributed by atoms with E-state index in [2.05, 4.69) is 15.5 Å². The largest absolute Gasteiger partial charge is 0.383 e. The lowest BCUT2D eigenvalue weighted by Gasteiger charge is -2.15. The summed E-state index contributed by atoms with van der Waals surface area (Å²) in [4.78, 5) is 13.4. The highest BCUT2D eigenvalue weighted by Crippen LogP contribution is 2.20. The summed E-state index contributed by atoms with van der Waals surface area (Å²) in [6.07, 6.45) is 3.60. The zero-order valence-electron chi connectivity index (χ0n) is 12.9. The minimum Gasteiger partial charge on any atom is -0.383 e. The van der Waals surface area contributed by atoms with E-state index in [-0.39, 0.29) is 11.9 Å². The van der Waals surface area contributed by atoms with Gasteiger partial charge in [-0.15, -0.1) is 22.0 Å². The smallest absolute Gasteiger partial charge is 0.252 e. The van der Waals surface area contributed by atoms with E-state index in [1.54, 1.807) is 25.2 Å². The van der Waals surface area contributed by atoms with Crippen LogP contribution in [0, 0.1) is 0 Å². The summed E-state index contributed by atoms with van der Waals surface area (Å²) >= 11 is 1.55. The number of hydrogen-bond acceptors (Lipinski definition) is 5. The van der Waals surface area contributed by atoms with Crippen LogP contribution in [0.5, 0.6) is 0 Å². The summed E-state index contributed by atoms with van der Waals surface area (Å²) in [5.74, 6) is 0.603. The zero-order chi connectivity index (χ0) is 15.9. The van der Waals surface area contributed by atoms with Crippen molar-refractivity contribution >= 4 is 17.7 Å². The van der Waals surface area contributed by atoms with Crippen molar-refractivity contribution < 1.29 is 9.53 Å². The van der Waals surface area contributed by atoms with Gasteiger partial charge in [0.05, 0.1) is 18.2 Å². The number of rotatable bonds is 7. The number of nitrogens with one attached hydrogen (secondary N) is 1. The van der Waals surface area contributed by atoms with E-state index in [0.29, 0.717) is 24.5 Å². The second kappa shape index (κ2) is 7.95. The molecule has 1 N–H and O–H groups in total. The Morgan fingerprint density at radius 2 is 2.23 bits per heavy atom. The Kier molecular flexibility index (Phi) is 5.97. The fourth-order valence-corrected chi connectivity index (χ4v) is 2.73. The molecule has 0 saturated heterocycles. The maximum atomic E-state index is 12.4. The molecule has 1 amide bonds. The summed E-state index contributed by atoms with van der Waals surface area (Å²) < 4.78 is 6.95. The van der Waals surface area contributed by atoms with E-state index in [1.165, 1.54) is 0 Å². The normalized spacial score (nSPS) is 12.1. The molecule has 2 rings (SSSR count). The topological polar surface area (TPSA) is 69.0 Å². The molecule has 6 nitrogen and oxygen atoms in total. The fraction of sp³-hybridized carbons (Fsp3) is 0.400. The van der Waals surface area contributed by atoms with Crippen molar-refractivity contribution in [3.05, 3.63) is 42.0 Å². The number of carbonyl (C=O) groups excluding carboxylic acids is 1. The van der Waals surface area contributed by atoms with Crippen molar-refractivity contribution in [2.75, 3.05) is 20.0 Å². The van der Waals surface area contributed by atoms with Gasteiger partial charge in [-0.25, -0.2) is 0 Å². The number of hydrogen-bond donors (Lipinski definition) is 1. The maximum Gasteiger partial charge on any atom is 0.252 e. The van der Waals surface area contributed by atoms with Gasteiger partial charge in [0, 0.05) is 18.6 Å². The second-order valence-corrected chi connectivity index (χ2v) is 5.62. The molecule has 1 aromatic heterocycles. The van der Waals surface area contributed by atoms with Gasteiger partial charge in [-0.05, 0) is 25.3 Å². The van der Waals surface area contributed by atoms with Crippen LogP contribution in [0.2, 0.25) is 0 Å². The number of methoxy groups -OCH3 is 1. The molecular weight excluding hydrogens is 300 g/mol. The van der Waals surface area contributed by atoms with E-state index in [4.69, 9.17) is 4.74 Å². The minimum atomic E-state index is -0.234. The molecule has 0 spiro atoms. The molecule has 0 aliphatic carbocycles. The van der Waals surface area contributed by atoms with Crippen LogP contribution in [0.25, 0.3) is 0 Å². The summed E-state index contributed by atoms with van der Waals surface area (Å²) in [5, 5.41) is 11.0. The summed E-state index contributed by atoms with van der Waals surface area (Å²) in [6.45, 7) is 3.12. The predicted molar refractivity (Wildman–Crippen MR) is 86.0 cm³/mol. The van der Waals surface area contributed by atoms with Crippen LogP contribution in [0.3, 0.4) is 0 Å². The van der Waals surface area contributed by atoms with Crippen LogP contribution in [0.15, 0.2) is 35.5 Å². The average Bonchev–Trinajstić information content (AvgIpc) is 3.01. The van der Waals surface area contributed by atoms with Crippen LogP contribution >= 0.6 is 11.8 Å². The van der Waals surface area contributed by atoms with Crippen LogP contribution in [-0.2, 0) is 11.3 Å². The van der Waals surface area contributed by atoms with E-state index < -0.39 is 0 Å². The van der Waals surface area contributed by atoms with Crippen LogP contribution < -0.4 is 5.32 Å². The standard InChI is InChI=1S/C15H20N4O2S/c1-11(14-18-16-10-19(14)8-9-21-2)17-15(20)12-6-4-5-7-13(12)22-3/h4-7,10-11H,8-9H2,1-3H3,(H,17,20). The van der Waals surface area contributed by atoms with E-state index in [9.17, 15) is 4.79 Å². The van der Waals surface area contributed by atoms with E-state index >= 15 is 0 Å². The Labute approximate surface area is 134 Å². The Balaban J connectivity index is 2.10. The summed E-state index contributed by atoms with van der Waals surface area (Å²) in [7, 11) is 1.65. The number of carbonyl (C=O) groups is 1. The van der Waals surface area contributed by atoms with Gasteiger partial charge in [0.15, 0.2) is 5.82 Å². The van der Waals surface area contributed by atoms with Gasteiger partial charge < -0.3 is 14.6 Å². The van der Waals surface area contributed by atoms with Crippen molar-refractivity contribution in [1.29, 1.82) is 0 Å². The zero-order valence-corrected chi connectivity index (χ0v) is 13.8. The molecular formula is C15H20N4O2S. The molecule has 2 aromatic rings. The molecule has 0 fully saturated rings. The second-order valence-electron chi connectivity index (χ2n) is 4.77. The minimum absolute atomic E-state index is 0.112. The first-order valence-electron chi connectivity index (χ1n) is 6.98. The third kappa shape index (κ3) is 3.86. The monoisotopic (exact) mass is 320 g/mol. The number of ether oxygens (including phenoxy) is 1. The molecule has 1 aromatic carbocycles. The maximum absolute atomic E-state index is 12.4. The fourth-order valence-electron chi connectivity index (χ4n) is 2.13. The van der Waals surface area contributed by atoms with Gasteiger partial charge in [-0.1, -0.05) is 12.1 Å². The molecule has 0 saturated carbocycles. The molecule has 1 heterocycles. The summed E-state index contributed by atoms with van der Waals surface area (Å²) in [5.41, 5.74) is 0.671. The Morgan fingerprint density at radius 1 is 1.45 bits per heavy atom. The SMILES string of the molecule is COCCn1cnnc1C(C)NC(=O)c1ccccc1SC. The molecule has 1 unspecified atom stereocenters. The predicted octanol–water partition coefficient (Wildman–Crippen LogP) is 2.14. The van der Waals surface area contributed by atoms with E-state index in [0.717, 1.165) is 4.90 Å². The van der Waals surface area contributed by atoms with Crippen molar-refractivity contribution in [1.82, 2.24) is 20.1 Å². The van der Waals surface area contributed by atoms with Crippen molar-refractivity contribution in [2.24, 2.45) is 0 Å². The number of benzene rings is 1. The van der Waals surface area contributed by atoms with Crippen molar-refractivity contribution in [3.8, 4) is 0 Å². The summed E-state index contributed by atoms with van der Waals surface area (Å²) in [6, 6.07) is 7.31. The number of aromatic nitrogens is 3. The number of nitrogens with zero attached hydrogens (tertiary/aromatic N) is 3. The van der Waals surface area contributed by atoms with Gasteiger partial charge >= 0.3 is 0 Å². The molecule has 22 heavy (non-hydrogen) atoms. The lowest BCUT2D eigenvalue weighted by molar-refractivity contribution is 0.0934. The first kappa shape index (κ1) is 16.5. The third-order valence-corrected chi connectivity index (χ3v) is 4.06. The molecule has 0 aliphatic heterocycles. The lowest BCUT2D eigenvalue weighted by atomic mass is 10.2. The third-order valence-electron chi connectivity index (χ3n) is 3.27. The van der Waals surface area contributed by atoms with Gasteiger partial charge in [0.25, 0.3) is 5.91 Å². The quantitative estimate of drug-likeness (QED) is 0.792. The molecule has 118 valence electrons. The first-order valence-corrected chi connectivity index (χ1v) is 8.20. The molecule has 0 aliphatic rings. The number of thioether (sulfide) groups is 1. The lowest BCUT2D eigenvalue weighted by Crippen LogP contribution is -2.29. The highest BCUT2D eigenvalue weighted by Gasteiger charge is 2.18. The van der Waals surface area contributed by atoms with Crippen LogP contribution in [0.4, 0.5) is 0 Å². The average molecular weight is 320 g/mol. The Morgan fingerprint density at radius 3 is 2.95 bits per heavy atom. The Bertz CT molecular complexity index is 630. The van der Waals surface area contributed by atoms with Gasteiger partial charge in [-0.2, -0.15) is 0 Å². The highest BCUT2D eigenvalue weighted by molar-refractivity contribution is 7.98. The molecule has 0 radical (unpaired) electrons. The molecule has 0 bridgehead atoms. The van der Waals surface area contributed by atoms with Crippen molar-refractivity contribution in [3.63, 3.8) is 0 Å². The van der Waals surface area contributed by atoms with Gasteiger partial charge in [-0.3, -0.25) is 4.79 Å². The van der Waals surface area contributed by atoms with E-state index in [1.807, 2.05) is 42.0 Å². The van der Waals surface area contributed by atoms with Gasteiger partial charge in [0.1, 0.15) is 6.33 Å². The molecule has 1 atom stereocenters. The first-order chi connectivity index (χ1) is 10.7.